The molecular weight excluding hydrogens is 232 g/mol. The van der Waals surface area contributed by atoms with Crippen LogP contribution in [0.1, 0.15) is 40.0 Å². The second kappa shape index (κ2) is 8.40. The smallest absolute Gasteiger partial charge is 0.318 e. The van der Waals surface area contributed by atoms with Gasteiger partial charge in [-0.15, -0.1) is 6.42 Å². The van der Waals surface area contributed by atoms with E-state index in [9.17, 15) is 9.59 Å². The average Bonchev–Trinajstić information content (AvgIpc) is 2.27. The van der Waals surface area contributed by atoms with Gasteiger partial charge in [-0.25, -0.2) is 4.79 Å². The number of carboxylic acids is 1. The Morgan fingerprint density at radius 3 is 2.44 bits per heavy atom. The minimum atomic E-state index is -0.921. The predicted octanol–water partition coefficient (Wildman–Crippen LogP) is 1.68. The molecule has 0 saturated carbocycles. The van der Waals surface area contributed by atoms with E-state index in [0.717, 1.165) is 6.42 Å². The van der Waals surface area contributed by atoms with Crippen LogP contribution in [0.2, 0.25) is 0 Å². The van der Waals surface area contributed by atoms with Crippen molar-refractivity contribution in [2.24, 2.45) is 0 Å². The van der Waals surface area contributed by atoms with Crippen LogP contribution in [0, 0.1) is 12.3 Å². The maximum absolute atomic E-state index is 12.0. The molecule has 2 amide bonds. The van der Waals surface area contributed by atoms with E-state index in [1.165, 1.54) is 4.90 Å². The third-order valence-electron chi connectivity index (χ3n) is 2.53. The summed E-state index contributed by atoms with van der Waals surface area (Å²) < 4.78 is 0. The lowest BCUT2D eigenvalue weighted by Gasteiger charge is -2.27. The van der Waals surface area contributed by atoms with Crippen molar-refractivity contribution in [2.45, 2.75) is 52.1 Å². The van der Waals surface area contributed by atoms with Crippen molar-refractivity contribution in [1.29, 1.82) is 0 Å². The molecule has 0 aromatic carbocycles. The molecule has 0 saturated heterocycles. The fraction of sp³-hybridized carbons (Fsp3) is 0.692. The van der Waals surface area contributed by atoms with Gasteiger partial charge in [0.25, 0.3) is 0 Å². The van der Waals surface area contributed by atoms with Gasteiger partial charge in [-0.3, -0.25) is 4.79 Å². The third-order valence-corrected chi connectivity index (χ3v) is 2.53. The molecule has 1 unspecified atom stereocenters. The maximum atomic E-state index is 12.0. The second-order valence-corrected chi connectivity index (χ2v) is 4.39. The van der Waals surface area contributed by atoms with Crippen molar-refractivity contribution in [2.75, 3.05) is 6.54 Å². The number of carbonyl (C=O) groups excluding carboxylic acids is 1. The number of aliphatic carboxylic acids is 1. The molecule has 0 aliphatic rings. The SMILES string of the molecule is C#CC(CCC)NC(=O)N(CCC(=O)O)C(C)C. The summed E-state index contributed by atoms with van der Waals surface area (Å²) in [5.74, 6) is 1.60. The van der Waals surface area contributed by atoms with E-state index in [1.807, 2.05) is 20.8 Å². The van der Waals surface area contributed by atoms with Crippen LogP contribution >= 0.6 is 0 Å². The van der Waals surface area contributed by atoms with Crippen molar-refractivity contribution in [3.05, 3.63) is 0 Å². The zero-order valence-electron chi connectivity index (χ0n) is 11.3. The molecule has 0 aromatic heterocycles. The van der Waals surface area contributed by atoms with Gasteiger partial charge >= 0.3 is 12.0 Å². The molecule has 0 radical (unpaired) electrons. The molecule has 0 heterocycles. The fourth-order valence-electron chi connectivity index (χ4n) is 1.53. The average molecular weight is 254 g/mol. The van der Waals surface area contributed by atoms with Gasteiger partial charge in [0.15, 0.2) is 0 Å². The van der Waals surface area contributed by atoms with E-state index in [4.69, 9.17) is 11.5 Å². The molecule has 1 atom stereocenters. The lowest BCUT2D eigenvalue weighted by molar-refractivity contribution is -0.137. The number of urea groups is 1. The van der Waals surface area contributed by atoms with Crippen molar-refractivity contribution in [3.8, 4) is 12.3 Å². The topological polar surface area (TPSA) is 69.6 Å². The number of terminal acetylenes is 1. The molecule has 0 fully saturated rings. The largest absolute Gasteiger partial charge is 0.481 e. The lowest BCUT2D eigenvalue weighted by atomic mass is 10.2. The van der Waals surface area contributed by atoms with Crippen molar-refractivity contribution < 1.29 is 14.7 Å². The Morgan fingerprint density at radius 2 is 2.06 bits per heavy atom. The molecule has 18 heavy (non-hydrogen) atoms. The molecular formula is C13H22N2O3. The molecule has 0 bridgehead atoms. The summed E-state index contributed by atoms with van der Waals surface area (Å²) >= 11 is 0. The number of rotatable bonds is 7. The van der Waals surface area contributed by atoms with Crippen LogP contribution in [0.5, 0.6) is 0 Å². The van der Waals surface area contributed by atoms with Crippen molar-refractivity contribution in [1.82, 2.24) is 10.2 Å². The van der Waals surface area contributed by atoms with E-state index < -0.39 is 5.97 Å². The van der Waals surface area contributed by atoms with E-state index in [2.05, 4.69) is 11.2 Å². The van der Waals surface area contributed by atoms with Crippen molar-refractivity contribution in [3.63, 3.8) is 0 Å². The minimum absolute atomic E-state index is 0.0654. The molecule has 5 nitrogen and oxygen atoms in total. The number of nitrogens with zero attached hydrogens (tertiary/aromatic N) is 1. The number of carboxylic acid groups (broad SMARTS) is 1. The van der Waals surface area contributed by atoms with Gasteiger partial charge in [0.05, 0.1) is 12.5 Å². The van der Waals surface area contributed by atoms with E-state index in [-0.39, 0.29) is 31.1 Å². The van der Waals surface area contributed by atoms with E-state index in [1.54, 1.807) is 0 Å². The van der Waals surface area contributed by atoms with Crippen LogP contribution < -0.4 is 5.32 Å². The second-order valence-electron chi connectivity index (χ2n) is 4.39. The lowest BCUT2D eigenvalue weighted by Crippen LogP contribution is -2.48. The number of nitrogens with one attached hydrogen (secondary N) is 1. The summed E-state index contributed by atoms with van der Waals surface area (Å²) in [7, 11) is 0. The summed E-state index contributed by atoms with van der Waals surface area (Å²) in [6.07, 6.45) is 6.86. The van der Waals surface area contributed by atoms with Gasteiger partial charge in [-0.2, -0.15) is 0 Å². The highest BCUT2D eigenvalue weighted by Crippen LogP contribution is 2.03. The van der Waals surface area contributed by atoms with Gasteiger partial charge < -0.3 is 15.3 Å². The number of amides is 2. The molecule has 2 N–H and O–H groups in total. The first kappa shape index (κ1) is 16.3. The zero-order valence-corrected chi connectivity index (χ0v) is 11.3. The molecule has 102 valence electrons. The number of carbonyl (C=O) groups is 2. The molecule has 0 aliphatic heterocycles. The van der Waals surface area contributed by atoms with Crippen LogP contribution in [-0.4, -0.2) is 40.6 Å². The van der Waals surface area contributed by atoms with Gasteiger partial charge in [0.1, 0.15) is 0 Å². The van der Waals surface area contributed by atoms with Gasteiger partial charge in [-0.05, 0) is 20.3 Å². The predicted molar refractivity (Wildman–Crippen MR) is 70.2 cm³/mol. The molecule has 0 spiro atoms. The van der Waals surface area contributed by atoms with Crippen molar-refractivity contribution >= 4 is 12.0 Å². The van der Waals surface area contributed by atoms with Crippen LogP contribution in [0.4, 0.5) is 4.79 Å². The minimum Gasteiger partial charge on any atom is -0.481 e. The first-order chi connectivity index (χ1) is 8.42. The summed E-state index contributed by atoms with van der Waals surface area (Å²) in [5.41, 5.74) is 0. The Hall–Kier alpha value is -1.70. The molecule has 0 aromatic rings. The van der Waals surface area contributed by atoms with E-state index in [0.29, 0.717) is 6.42 Å². The highest BCUT2D eigenvalue weighted by Gasteiger charge is 2.19. The molecule has 0 aliphatic carbocycles. The van der Waals surface area contributed by atoms with Gasteiger partial charge in [0.2, 0.25) is 0 Å². The summed E-state index contributed by atoms with van der Waals surface area (Å²) in [6, 6.07) is -0.666. The van der Waals surface area contributed by atoms with E-state index >= 15 is 0 Å². The Kier molecular flexibility index (Phi) is 7.61. The zero-order chi connectivity index (χ0) is 14.1. The highest BCUT2D eigenvalue weighted by molar-refractivity contribution is 5.76. The Morgan fingerprint density at radius 1 is 1.44 bits per heavy atom. The maximum Gasteiger partial charge on any atom is 0.318 e. The Labute approximate surface area is 109 Å². The van der Waals surface area contributed by atoms with Gasteiger partial charge in [-0.1, -0.05) is 19.3 Å². The third kappa shape index (κ3) is 6.14. The normalized spacial score (nSPS) is 11.7. The Balaban J connectivity index is 4.47. The van der Waals surface area contributed by atoms with Gasteiger partial charge in [0, 0.05) is 12.6 Å². The molecule has 0 rings (SSSR count). The summed E-state index contributed by atoms with van der Waals surface area (Å²) in [5, 5.41) is 11.4. The number of hydrogen-bond acceptors (Lipinski definition) is 2. The van der Waals surface area contributed by atoms with Crippen LogP contribution in [-0.2, 0) is 4.79 Å². The van der Waals surface area contributed by atoms with Crippen LogP contribution in [0.25, 0.3) is 0 Å². The first-order valence-electron chi connectivity index (χ1n) is 6.17. The monoisotopic (exact) mass is 254 g/mol. The Bertz CT molecular complexity index is 321. The molecule has 5 heteroatoms. The fourth-order valence-corrected chi connectivity index (χ4v) is 1.53. The highest BCUT2D eigenvalue weighted by atomic mass is 16.4. The quantitative estimate of drug-likeness (QED) is 0.679. The van der Waals surface area contributed by atoms with Crippen LogP contribution in [0.3, 0.4) is 0 Å². The number of hydrogen-bond donors (Lipinski definition) is 2. The van der Waals surface area contributed by atoms with Crippen LogP contribution in [0.15, 0.2) is 0 Å². The summed E-state index contributed by atoms with van der Waals surface area (Å²) in [4.78, 5) is 24.0. The standard InChI is InChI=1S/C13H22N2O3/c1-5-7-11(6-2)14-13(18)15(10(3)4)9-8-12(16)17/h2,10-11H,5,7-9H2,1,3-4H3,(H,14,18)(H,16,17). The summed E-state index contributed by atoms with van der Waals surface area (Å²) in [6.45, 7) is 5.85. The first-order valence-corrected chi connectivity index (χ1v) is 6.17.